The minimum absolute atomic E-state index is 0.299. The van der Waals surface area contributed by atoms with Crippen LogP contribution in [0.25, 0.3) is 6.08 Å². The van der Waals surface area contributed by atoms with E-state index in [9.17, 15) is 9.18 Å². The molecule has 0 fully saturated rings. The third-order valence-electron chi connectivity index (χ3n) is 3.57. The molecule has 0 atom stereocenters. The molecule has 130 valence electrons. The summed E-state index contributed by atoms with van der Waals surface area (Å²) in [6, 6.07) is 11.9. The third-order valence-corrected chi connectivity index (χ3v) is 3.78. The van der Waals surface area contributed by atoms with Crippen molar-refractivity contribution in [1.29, 1.82) is 0 Å². The van der Waals surface area contributed by atoms with Gasteiger partial charge in [0.1, 0.15) is 5.82 Å². The molecule has 0 heterocycles. The van der Waals surface area contributed by atoms with E-state index in [0.717, 1.165) is 28.8 Å². The number of nitrogens with one attached hydrogen (secondary N) is 3. The number of amides is 1. The molecule has 0 unspecified atom stereocenters. The zero-order valence-electron chi connectivity index (χ0n) is 14.1. The van der Waals surface area contributed by atoms with Gasteiger partial charge in [0.05, 0.1) is 0 Å². The van der Waals surface area contributed by atoms with Gasteiger partial charge in [-0.15, -0.1) is 0 Å². The van der Waals surface area contributed by atoms with E-state index in [2.05, 4.69) is 23.1 Å². The molecule has 0 radical (unpaired) electrons. The zero-order chi connectivity index (χ0) is 18.2. The molecule has 0 saturated carbocycles. The van der Waals surface area contributed by atoms with E-state index >= 15 is 0 Å². The largest absolute Gasteiger partial charge is 0.331 e. The maximum absolute atomic E-state index is 12.8. The van der Waals surface area contributed by atoms with Crippen LogP contribution in [-0.4, -0.2) is 11.0 Å². The van der Waals surface area contributed by atoms with E-state index in [1.54, 1.807) is 18.2 Å². The van der Waals surface area contributed by atoms with E-state index < -0.39 is 0 Å². The maximum atomic E-state index is 12.8. The topological polar surface area (TPSA) is 53.2 Å². The Kier molecular flexibility index (Phi) is 6.65. The van der Waals surface area contributed by atoms with Crippen LogP contribution >= 0.6 is 12.2 Å². The van der Waals surface area contributed by atoms with Crippen molar-refractivity contribution in [1.82, 2.24) is 10.9 Å². The quantitative estimate of drug-likeness (QED) is 0.443. The smallest absolute Gasteiger partial charge is 0.262 e. The van der Waals surface area contributed by atoms with Gasteiger partial charge >= 0.3 is 0 Å². The molecule has 4 nitrogen and oxygen atoms in total. The monoisotopic (exact) mass is 357 g/mol. The van der Waals surface area contributed by atoms with E-state index in [4.69, 9.17) is 12.2 Å². The fourth-order valence-electron chi connectivity index (χ4n) is 2.25. The van der Waals surface area contributed by atoms with Crippen molar-refractivity contribution in [2.24, 2.45) is 0 Å². The molecular formula is C19H20FN3OS. The molecule has 0 aromatic heterocycles. The lowest BCUT2D eigenvalue weighted by Crippen LogP contribution is -2.43. The van der Waals surface area contributed by atoms with Crippen molar-refractivity contribution >= 4 is 35.0 Å². The molecule has 2 aromatic carbocycles. The van der Waals surface area contributed by atoms with Gasteiger partial charge in [0, 0.05) is 11.8 Å². The van der Waals surface area contributed by atoms with Crippen molar-refractivity contribution in [3.05, 3.63) is 71.0 Å². The minimum atomic E-state index is -0.367. The van der Waals surface area contributed by atoms with Crippen molar-refractivity contribution in [3.63, 3.8) is 0 Å². The van der Waals surface area contributed by atoms with Crippen LogP contribution in [0.5, 0.6) is 0 Å². The van der Waals surface area contributed by atoms with Crippen LogP contribution in [0.3, 0.4) is 0 Å². The molecule has 0 aliphatic heterocycles. The highest BCUT2D eigenvalue weighted by atomic mass is 32.1. The molecule has 0 saturated heterocycles. The Morgan fingerprint density at radius 2 is 1.88 bits per heavy atom. The number of benzene rings is 2. The van der Waals surface area contributed by atoms with Crippen molar-refractivity contribution in [3.8, 4) is 0 Å². The Balaban J connectivity index is 1.87. The lowest BCUT2D eigenvalue weighted by atomic mass is 10.1. The zero-order valence-corrected chi connectivity index (χ0v) is 14.9. The van der Waals surface area contributed by atoms with Crippen LogP contribution in [-0.2, 0) is 11.2 Å². The van der Waals surface area contributed by atoms with Crippen LogP contribution in [0.4, 0.5) is 10.1 Å². The summed E-state index contributed by atoms with van der Waals surface area (Å²) in [4.78, 5) is 11.8. The predicted molar refractivity (Wildman–Crippen MR) is 103 cm³/mol. The Labute approximate surface area is 152 Å². The number of anilines is 1. The second-order valence-corrected chi connectivity index (χ2v) is 5.82. The molecular weight excluding hydrogens is 337 g/mol. The lowest BCUT2D eigenvalue weighted by Gasteiger charge is -2.15. The van der Waals surface area contributed by atoms with Crippen molar-refractivity contribution in [2.75, 3.05) is 5.32 Å². The summed E-state index contributed by atoms with van der Waals surface area (Å²) in [6.45, 7) is 4.06. The van der Waals surface area contributed by atoms with E-state index in [1.165, 1.54) is 18.2 Å². The van der Waals surface area contributed by atoms with Gasteiger partial charge in [0.25, 0.3) is 5.91 Å². The predicted octanol–water partition coefficient (Wildman–Crippen LogP) is 3.73. The summed E-state index contributed by atoms with van der Waals surface area (Å²) in [5, 5.41) is 3.40. The van der Waals surface area contributed by atoms with Gasteiger partial charge in [0.2, 0.25) is 0 Å². The first-order valence-corrected chi connectivity index (χ1v) is 8.29. The molecule has 3 N–H and O–H groups in total. The number of thiocarbonyl (C=S) groups is 1. The molecule has 0 bridgehead atoms. The number of para-hydroxylation sites is 1. The molecule has 25 heavy (non-hydrogen) atoms. The number of carbonyl (C=O) groups is 1. The van der Waals surface area contributed by atoms with Crippen molar-refractivity contribution < 1.29 is 9.18 Å². The van der Waals surface area contributed by atoms with Crippen LogP contribution < -0.4 is 16.2 Å². The molecule has 0 spiro atoms. The van der Waals surface area contributed by atoms with Gasteiger partial charge in [-0.2, -0.15) is 0 Å². The molecule has 1 amide bonds. The van der Waals surface area contributed by atoms with Gasteiger partial charge in [0.15, 0.2) is 5.11 Å². The maximum Gasteiger partial charge on any atom is 0.262 e. The van der Waals surface area contributed by atoms with Crippen LogP contribution in [0.1, 0.15) is 23.6 Å². The number of hydrogen-bond donors (Lipinski definition) is 3. The molecule has 0 aliphatic carbocycles. The summed E-state index contributed by atoms with van der Waals surface area (Å²) in [6.07, 6.45) is 3.80. The number of halogens is 1. The van der Waals surface area contributed by atoms with Crippen LogP contribution in [0.2, 0.25) is 0 Å². The Morgan fingerprint density at radius 3 is 2.56 bits per heavy atom. The first-order chi connectivity index (χ1) is 12.0. The lowest BCUT2D eigenvalue weighted by molar-refractivity contribution is -0.116. The number of carbonyl (C=O) groups excluding carboxylic acids is 1. The summed E-state index contributed by atoms with van der Waals surface area (Å²) in [7, 11) is 0. The highest BCUT2D eigenvalue weighted by Gasteiger charge is 2.06. The average molecular weight is 357 g/mol. The first-order valence-electron chi connectivity index (χ1n) is 7.88. The Hall–Kier alpha value is -2.73. The standard InChI is InChI=1S/C19H20FN3OS/c1-3-15-6-4-5-13(2)18(15)21-19(25)23-22-17(24)12-9-14-7-10-16(20)11-8-14/h4-12H,3H2,1-2H3,(H,22,24)(H2,21,23,25)/b12-9+. The number of aryl methyl sites for hydroxylation is 2. The molecule has 6 heteroatoms. The molecule has 2 rings (SSSR count). The van der Waals surface area contributed by atoms with E-state index in [-0.39, 0.29) is 11.7 Å². The summed E-state index contributed by atoms with van der Waals surface area (Å²) < 4.78 is 12.8. The van der Waals surface area contributed by atoms with Gasteiger partial charge in [-0.3, -0.25) is 15.6 Å². The second-order valence-electron chi connectivity index (χ2n) is 5.42. The van der Waals surface area contributed by atoms with Crippen molar-refractivity contribution in [2.45, 2.75) is 20.3 Å². The molecule has 0 aliphatic rings. The number of hydrazine groups is 1. The van der Waals surface area contributed by atoms with Gasteiger partial charge < -0.3 is 5.32 Å². The summed E-state index contributed by atoms with van der Waals surface area (Å²) >= 11 is 5.21. The second kappa shape index (κ2) is 8.94. The summed E-state index contributed by atoms with van der Waals surface area (Å²) in [5.41, 5.74) is 9.04. The Morgan fingerprint density at radius 1 is 1.16 bits per heavy atom. The highest BCUT2D eigenvalue weighted by molar-refractivity contribution is 7.80. The van der Waals surface area contributed by atoms with Crippen LogP contribution in [0, 0.1) is 12.7 Å². The minimum Gasteiger partial charge on any atom is -0.331 e. The average Bonchev–Trinajstić information content (AvgIpc) is 2.61. The normalized spacial score (nSPS) is 10.5. The fraction of sp³-hybridized carbons (Fsp3) is 0.158. The van der Waals surface area contributed by atoms with Crippen LogP contribution in [0.15, 0.2) is 48.5 Å². The number of rotatable bonds is 4. The van der Waals surface area contributed by atoms with Gasteiger partial charge in [-0.25, -0.2) is 4.39 Å². The number of hydrogen-bond acceptors (Lipinski definition) is 2. The Bertz CT molecular complexity index is 788. The van der Waals surface area contributed by atoms with Gasteiger partial charge in [-0.05, 0) is 60.5 Å². The SMILES string of the molecule is CCc1cccc(C)c1NC(=S)NNC(=O)/C=C/c1ccc(F)cc1. The van der Waals surface area contributed by atoms with E-state index in [1.807, 2.05) is 25.1 Å². The third kappa shape index (κ3) is 5.69. The fourth-order valence-corrected chi connectivity index (χ4v) is 2.41. The van der Waals surface area contributed by atoms with E-state index in [0.29, 0.717) is 5.11 Å². The summed E-state index contributed by atoms with van der Waals surface area (Å²) in [5.74, 6) is -0.684. The molecule has 2 aromatic rings. The first kappa shape index (κ1) is 18.6. The van der Waals surface area contributed by atoms with Gasteiger partial charge in [-0.1, -0.05) is 37.3 Å². The highest BCUT2D eigenvalue weighted by Crippen LogP contribution is 2.20.